The van der Waals surface area contributed by atoms with E-state index in [0.29, 0.717) is 17.9 Å². The van der Waals surface area contributed by atoms with Crippen LogP contribution in [0, 0.1) is 5.82 Å². The second-order valence-electron chi connectivity index (χ2n) is 7.45. The first kappa shape index (κ1) is 20.4. The van der Waals surface area contributed by atoms with Gasteiger partial charge in [-0.15, -0.1) is 0 Å². The highest BCUT2D eigenvalue weighted by Crippen LogP contribution is 2.31. The first-order valence-electron chi connectivity index (χ1n) is 9.80. The maximum Gasteiger partial charge on any atom is 0.248 e. The van der Waals surface area contributed by atoms with E-state index in [1.54, 1.807) is 30.7 Å². The molecule has 1 aromatic carbocycles. The van der Waals surface area contributed by atoms with Crippen LogP contribution in [-0.4, -0.2) is 46.4 Å². The first-order chi connectivity index (χ1) is 15.0. The van der Waals surface area contributed by atoms with Crippen LogP contribution in [-0.2, 0) is 4.79 Å². The molecule has 1 amide bonds. The van der Waals surface area contributed by atoms with Crippen molar-refractivity contribution in [3.63, 3.8) is 0 Å². The van der Waals surface area contributed by atoms with Crippen molar-refractivity contribution in [2.45, 2.75) is 0 Å². The quantitative estimate of drug-likeness (QED) is 0.455. The highest BCUT2D eigenvalue weighted by Gasteiger charge is 2.10. The number of carbonyl (C=O) groups is 1. The van der Waals surface area contributed by atoms with Crippen LogP contribution in [0.1, 0.15) is 0 Å². The average molecular weight is 415 g/mol. The molecule has 3 aromatic heterocycles. The largest absolute Gasteiger partial charge is 0.346 e. The Kier molecular flexibility index (Phi) is 5.86. The molecule has 0 aliphatic heterocycles. The lowest BCUT2D eigenvalue weighted by molar-refractivity contribution is -0.111. The van der Waals surface area contributed by atoms with Gasteiger partial charge in [-0.3, -0.25) is 9.78 Å². The van der Waals surface area contributed by atoms with Gasteiger partial charge in [0.2, 0.25) is 5.91 Å². The molecule has 0 radical (unpaired) electrons. The highest BCUT2D eigenvalue weighted by atomic mass is 19.1. The Balaban J connectivity index is 1.62. The van der Waals surface area contributed by atoms with Gasteiger partial charge in [0.05, 0.1) is 11.9 Å². The molecular formula is C24H22FN5O. The number of amides is 1. The number of rotatable bonds is 6. The molecule has 0 aliphatic rings. The molecular weight excluding hydrogens is 393 g/mol. The number of likely N-dealkylation sites (N-methyl/N-ethyl adjacent to an activating group) is 1. The third-order valence-electron chi connectivity index (χ3n) is 4.75. The smallest absolute Gasteiger partial charge is 0.248 e. The van der Waals surface area contributed by atoms with E-state index in [1.165, 1.54) is 18.2 Å². The van der Waals surface area contributed by atoms with E-state index in [2.05, 4.69) is 20.3 Å². The summed E-state index contributed by atoms with van der Waals surface area (Å²) in [5.74, 6) is -0.503. The molecule has 0 saturated heterocycles. The van der Waals surface area contributed by atoms with Crippen LogP contribution in [0.5, 0.6) is 0 Å². The second kappa shape index (κ2) is 8.89. The number of aromatic nitrogens is 3. The maximum absolute atomic E-state index is 13.7. The SMILES string of the molecule is CN(C)C/C=C/C(=O)Nc1cncc(-c2cnc3[nH]cc(-c4cccc(F)c4)c3c2)c1. The molecule has 4 aromatic rings. The standard InChI is InChI=1S/C24H22FN5O/c1-30(2)8-4-7-23(31)29-20-10-17(12-26-14-20)18-11-21-22(15-28-24(21)27-13-18)16-5-3-6-19(25)9-16/h3-7,9-15H,8H2,1-2H3,(H,27,28)(H,29,31)/b7-4+. The summed E-state index contributed by atoms with van der Waals surface area (Å²) in [6.45, 7) is 0.682. The number of carbonyl (C=O) groups excluding carboxylic acids is 1. The van der Waals surface area contributed by atoms with Crippen molar-refractivity contribution < 1.29 is 9.18 Å². The summed E-state index contributed by atoms with van der Waals surface area (Å²) < 4.78 is 13.7. The Morgan fingerprint density at radius 2 is 1.97 bits per heavy atom. The van der Waals surface area contributed by atoms with Crippen LogP contribution < -0.4 is 5.32 Å². The summed E-state index contributed by atoms with van der Waals surface area (Å²) >= 11 is 0. The monoisotopic (exact) mass is 415 g/mol. The fraction of sp³-hybridized carbons (Fsp3) is 0.125. The molecule has 0 bridgehead atoms. The molecule has 0 unspecified atom stereocenters. The van der Waals surface area contributed by atoms with E-state index >= 15 is 0 Å². The Bertz CT molecular complexity index is 1260. The zero-order valence-corrected chi connectivity index (χ0v) is 17.3. The number of pyridine rings is 2. The second-order valence-corrected chi connectivity index (χ2v) is 7.45. The van der Waals surface area contributed by atoms with Gasteiger partial charge in [-0.05, 0) is 43.9 Å². The van der Waals surface area contributed by atoms with Gasteiger partial charge < -0.3 is 15.2 Å². The van der Waals surface area contributed by atoms with Gasteiger partial charge in [-0.1, -0.05) is 18.2 Å². The first-order valence-corrected chi connectivity index (χ1v) is 9.80. The predicted octanol–water partition coefficient (Wildman–Crippen LogP) is 4.49. The minimum Gasteiger partial charge on any atom is -0.346 e. The van der Waals surface area contributed by atoms with E-state index in [9.17, 15) is 9.18 Å². The minimum atomic E-state index is -0.289. The Morgan fingerprint density at radius 3 is 2.77 bits per heavy atom. The van der Waals surface area contributed by atoms with Crippen LogP contribution in [0.2, 0.25) is 0 Å². The van der Waals surface area contributed by atoms with Crippen LogP contribution in [0.4, 0.5) is 10.1 Å². The highest BCUT2D eigenvalue weighted by molar-refractivity contribution is 6.00. The summed E-state index contributed by atoms with van der Waals surface area (Å²) in [6, 6.07) is 10.3. The molecule has 0 saturated carbocycles. The van der Waals surface area contributed by atoms with Crippen LogP contribution in [0.3, 0.4) is 0 Å². The van der Waals surface area contributed by atoms with Crippen molar-refractivity contribution in [1.29, 1.82) is 0 Å². The van der Waals surface area contributed by atoms with Gasteiger partial charge in [0.15, 0.2) is 0 Å². The van der Waals surface area contributed by atoms with E-state index in [4.69, 9.17) is 0 Å². The zero-order valence-electron chi connectivity index (χ0n) is 17.3. The molecule has 31 heavy (non-hydrogen) atoms. The van der Waals surface area contributed by atoms with Crippen molar-refractivity contribution in [2.24, 2.45) is 0 Å². The summed E-state index contributed by atoms with van der Waals surface area (Å²) in [6.07, 6.45) is 10.2. The molecule has 2 N–H and O–H groups in total. The number of nitrogens with one attached hydrogen (secondary N) is 2. The molecule has 0 atom stereocenters. The van der Waals surface area contributed by atoms with Crippen molar-refractivity contribution in [2.75, 3.05) is 26.0 Å². The maximum atomic E-state index is 13.7. The molecule has 3 heterocycles. The summed E-state index contributed by atoms with van der Waals surface area (Å²) in [5.41, 5.74) is 4.61. The number of hydrogen-bond acceptors (Lipinski definition) is 4. The van der Waals surface area contributed by atoms with Crippen LogP contribution in [0.25, 0.3) is 33.3 Å². The molecule has 4 rings (SSSR count). The lowest BCUT2D eigenvalue weighted by Gasteiger charge is -2.07. The van der Waals surface area contributed by atoms with Crippen molar-refractivity contribution in [1.82, 2.24) is 19.9 Å². The van der Waals surface area contributed by atoms with Gasteiger partial charge in [-0.25, -0.2) is 9.37 Å². The van der Waals surface area contributed by atoms with Gasteiger partial charge in [-0.2, -0.15) is 0 Å². The molecule has 0 aliphatic carbocycles. The number of fused-ring (bicyclic) bond motifs is 1. The molecule has 156 valence electrons. The van der Waals surface area contributed by atoms with Gasteiger partial charge in [0, 0.05) is 53.3 Å². The fourth-order valence-corrected chi connectivity index (χ4v) is 3.28. The lowest BCUT2D eigenvalue weighted by atomic mass is 10.0. The van der Waals surface area contributed by atoms with Crippen LogP contribution >= 0.6 is 0 Å². The number of anilines is 1. The van der Waals surface area contributed by atoms with E-state index in [1.807, 2.05) is 43.4 Å². The lowest BCUT2D eigenvalue weighted by Crippen LogP contribution is -2.13. The van der Waals surface area contributed by atoms with Gasteiger partial charge in [0.1, 0.15) is 11.5 Å². The Hall–Kier alpha value is -3.84. The third kappa shape index (κ3) is 4.84. The molecule has 0 spiro atoms. The zero-order chi connectivity index (χ0) is 21.8. The molecule has 7 heteroatoms. The molecule has 6 nitrogen and oxygen atoms in total. The van der Waals surface area contributed by atoms with Crippen molar-refractivity contribution in [3.8, 4) is 22.3 Å². The van der Waals surface area contributed by atoms with Crippen molar-refractivity contribution in [3.05, 3.63) is 79.2 Å². The number of H-pyrrole nitrogens is 1. The average Bonchev–Trinajstić information content (AvgIpc) is 3.17. The van der Waals surface area contributed by atoms with E-state index in [0.717, 1.165) is 27.6 Å². The van der Waals surface area contributed by atoms with E-state index < -0.39 is 0 Å². The van der Waals surface area contributed by atoms with E-state index in [-0.39, 0.29) is 11.7 Å². The fourth-order valence-electron chi connectivity index (χ4n) is 3.28. The number of benzene rings is 1. The summed E-state index contributed by atoms with van der Waals surface area (Å²) in [4.78, 5) is 26.0. The number of aromatic amines is 1. The molecule has 0 fully saturated rings. The third-order valence-corrected chi connectivity index (χ3v) is 4.75. The minimum absolute atomic E-state index is 0.214. The number of nitrogens with zero attached hydrogens (tertiary/aromatic N) is 3. The topological polar surface area (TPSA) is 73.9 Å². The number of halogens is 1. The predicted molar refractivity (Wildman–Crippen MR) is 121 cm³/mol. The Morgan fingerprint density at radius 1 is 1.13 bits per heavy atom. The van der Waals surface area contributed by atoms with Crippen LogP contribution in [0.15, 0.2) is 73.3 Å². The Labute approximate surface area is 179 Å². The van der Waals surface area contributed by atoms with Gasteiger partial charge in [0.25, 0.3) is 0 Å². The normalized spacial score (nSPS) is 11.5. The summed E-state index contributed by atoms with van der Waals surface area (Å²) in [5, 5.41) is 3.71. The summed E-state index contributed by atoms with van der Waals surface area (Å²) in [7, 11) is 3.87. The van der Waals surface area contributed by atoms with Crippen molar-refractivity contribution >= 4 is 22.6 Å². The number of hydrogen-bond donors (Lipinski definition) is 2. The van der Waals surface area contributed by atoms with Gasteiger partial charge >= 0.3 is 0 Å².